The van der Waals surface area contributed by atoms with E-state index in [0.29, 0.717) is 20.2 Å². The van der Waals surface area contributed by atoms with Gasteiger partial charge in [0.05, 0.1) is 3.57 Å². The van der Waals surface area contributed by atoms with E-state index in [1.807, 2.05) is 22.6 Å². The van der Waals surface area contributed by atoms with Gasteiger partial charge in [-0.2, -0.15) is 0 Å². The first-order valence-corrected chi connectivity index (χ1v) is 5.98. The first kappa shape index (κ1) is 12.5. The number of benzene rings is 1. The highest BCUT2D eigenvalue weighted by Crippen LogP contribution is 2.20. The van der Waals surface area contributed by atoms with E-state index in [0.717, 1.165) is 0 Å². The van der Waals surface area contributed by atoms with Gasteiger partial charge in [-0.05, 0) is 40.8 Å². The summed E-state index contributed by atoms with van der Waals surface area (Å²) in [6.45, 7) is 3.97. The molecule has 1 amide bonds. The maximum Gasteiger partial charge on any atom is 0.251 e. The molecule has 1 aromatic rings. The van der Waals surface area contributed by atoms with E-state index >= 15 is 0 Å². The largest absolute Gasteiger partial charge is 0.507 e. The molecule has 0 atom stereocenters. The number of phenols is 1. The van der Waals surface area contributed by atoms with Gasteiger partial charge in [-0.3, -0.25) is 4.79 Å². The fraction of sp³-hybridized carbons (Fsp3) is 0.100. The summed E-state index contributed by atoms with van der Waals surface area (Å²) in [7, 11) is 0. The molecule has 0 radical (unpaired) electrons. The summed E-state index contributed by atoms with van der Waals surface area (Å²) in [5, 5.41) is 12.1. The molecule has 0 saturated heterocycles. The standard InChI is InChI=1S/C10H9BrINO2/c1-6(11)5-13-10(15)7-2-3-8(12)9(14)4-7/h2-4,14H,1,5H2,(H,13,15). The average Bonchev–Trinajstić information content (AvgIpc) is 2.18. The van der Waals surface area contributed by atoms with Gasteiger partial charge in [0.2, 0.25) is 0 Å². The molecule has 1 rings (SSSR count). The van der Waals surface area contributed by atoms with Gasteiger partial charge < -0.3 is 10.4 Å². The molecule has 0 heterocycles. The fourth-order valence-corrected chi connectivity index (χ4v) is 1.41. The number of aromatic hydroxyl groups is 1. The van der Waals surface area contributed by atoms with Crippen molar-refractivity contribution < 1.29 is 9.90 Å². The van der Waals surface area contributed by atoms with Gasteiger partial charge in [-0.15, -0.1) is 0 Å². The van der Waals surface area contributed by atoms with E-state index < -0.39 is 0 Å². The lowest BCUT2D eigenvalue weighted by molar-refractivity contribution is 0.0957. The fourth-order valence-electron chi connectivity index (χ4n) is 0.932. The molecule has 80 valence electrons. The molecule has 3 nitrogen and oxygen atoms in total. The second kappa shape index (κ2) is 5.50. The Kier molecular flexibility index (Phi) is 4.59. The summed E-state index contributed by atoms with van der Waals surface area (Å²) < 4.78 is 1.42. The Morgan fingerprint density at radius 1 is 1.60 bits per heavy atom. The minimum absolute atomic E-state index is 0.112. The molecule has 1 aromatic carbocycles. The zero-order valence-electron chi connectivity index (χ0n) is 7.76. The van der Waals surface area contributed by atoms with Crippen LogP contribution < -0.4 is 5.32 Å². The highest BCUT2D eigenvalue weighted by Gasteiger charge is 2.07. The normalized spacial score (nSPS) is 9.73. The van der Waals surface area contributed by atoms with Crippen molar-refractivity contribution in [2.45, 2.75) is 0 Å². The lowest BCUT2D eigenvalue weighted by Crippen LogP contribution is -2.24. The summed E-state index contributed by atoms with van der Waals surface area (Å²) >= 11 is 5.13. The van der Waals surface area contributed by atoms with Gasteiger partial charge in [0.1, 0.15) is 5.75 Å². The summed E-state index contributed by atoms with van der Waals surface area (Å²) in [5.41, 5.74) is 0.432. The predicted octanol–water partition coefficient (Wildman–Crippen LogP) is 2.64. The number of amides is 1. The van der Waals surface area contributed by atoms with Crippen LogP contribution in [0.1, 0.15) is 10.4 Å². The molecule has 2 N–H and O–H groups in total. The van der Waals surface area contributed by atoms with E-state index in [1.54, 1.807) is 12.1 Å². The number of nitrogens with one attached hydrogen (secondary N) is 1. The Morgan fingerprint density at radius 2 is 2.27 bits per heavy atom. The van der Waals surface area contributed by atoms with Crippen LogP contribution in [0.5, 0.6) is 5.75 Å². The maximum atomic E-state index is 11.5. The molecule has 0 saturated carbocycles. The van der Waals surface area contributed by atoms with Crippen molar-refractivity contribution in [3.63, 3.8) is 0 Å². The molecule has 0 aromatic heterocycles. The highest BCUT2D eigenvalue weighted by atomic mass is 127. The second-order valence-corrected chi connectivity index (χ2v) is 5.15. The molecular weight excluding hydrogens is 373 g/mol. The monoisotopic (exact) mass is 381 g/mol. The van der Waals surface area contributed by atoms with Gasteiger partial charge in [0.15, 0.2) is 0 Å². The molecular formula is C10H9BrINO2. The van der Waals surface area contributed by atoms with Crippen molar-refractivity contribution >= 4 is 44.4 Å². The number of hydrogen-bond donors (Lipinski definition) is 2. The van der Waals surface area contributed by atoms with Crippen molar-refractivity contribution in [3.8, 4) is 5.75 Å². The van der Waals surface area contributed by atoms with Gasteiger partial charge >= 0.3 is 0 Å². The topological polar surface area (TPSA) is 49.3 Å². The molecule has 0 aliphatic rings. The smallest absolute Gasteiger partial charge is 0.251 e. The van der Waals surface area contributed by atoms with Crippen molar-refractivity contribution in [2.24, 2.45) is 0 Å². The lowest BCUT2D eigenvalue weighted by Gasteiger charge is -2.05. The Bertz CT molecular complexity index is 406. The quantitative estimate of drug-likeness (QED) is 0.791. The van der Waals surface area contributed by atoms with E-state index in [2.05, 4.69) is 27.8 Å². The van der Waals surface area contributed by atoms with Crippen LogP contribution in [0.4, 0.5) is 0 Å². The minimum atomic E-state index is -0.234. The van der Waals surface area contributed by atoms with E-state index in [4.69, 9.17) is 0 Å². The average molecular weight is 382 g/mol. The third-order valence-corrected chi connectivity index (χ3v) is 2.84. The number of carbonyl (C=O) groups is 1. The summed E-state index contributed by atoms with van der Waals surface area (Å²) in [5.74, 6) is -0.122. The van der Waals surface area contributed by atoms with E-state index in [-0.39, 0.29) is 11.7 Å². The molecule has 0 bridgehead atoms. The molecule has 0 spiro atoms. The second-order valence-electron chi connectivity index (χ2n) is 2.87. The molecule has 0 fully saturated rings. The Balaban J connectivity index is 2.74. The number of rotatable bonds is 3. The molecule has 0 unspecified atom stereocenters. The summed E-state index contributed by atoms with van der Waals surface area (Å²) in [4.78, 5) is 11.5. The molecule has 0 aliphatic heterocycles. The third kappa shape index (κ3) is 3.83. The highest BCUT2D eigenvalue weighted by molar-refractivity contribution is 14.1. The predicted molar refractivity (Wildman–Crippen MR) is 71.2 cm³/mol. The van der Waals surface area contributed by atoms with Crippen molar-refractivity contribution in [1.29, 1.82) is 0 Å². The number of carbonyl (C=O) groups excluding carboxylic acids is 1. The Labute approximate surface area is 110 Å². The van der Waals surface area contributed by atoms with Gasteiger partial charge in [0, 0.05) is 16.6 Å². The van der Waals surface area contributed by atoms with Gasteiger partial charge in [-0.25, -0.2) is 0 Å². The molecule has 0 aliphatic carbocycles. The van der Waals surface area contributed by atoms with Gasteiger partial charge in [0.25, 0.3) is 5.91 Å². The molecule has 5 heteroatoms. The summed E-state index contributed by atoms with van der Waals surface area (Å²) in [6.07, 6.45) is 0. The Morgan fingerprint density at radius 3 is 2.80 bits per heavy atom. The van der Waals surface area contributed by atoms with E-state index in [1.165, 1.54) is 6.07 Å². The van der Waals surface area contributed by atoms with E-state index in [9.17, 15) is 9.90 Å². The van der Waals surface area contributed by atoms with Crippen LogP contribution in [0.2, 0.25) is 0 Å². The third-order valence-electron chi connectivity index (χ3n) is 1.65. The van der Waals surface area contributed by atoms with Crippen molar-refractivity contribution in [1.82, 2.24) is 5.32 Å². The maximum absolute atomic E-state index is 11.5. The van der Waals surface area contributed by atoms with Crippen LogP contribution in [0, 0.1) is 3.57 Å². The minimum Gasteiger partial charge on any atom is -0.507 e. The lowest BCUT2D eigenvalue weighted by atomic mass is 10.2. The van der Waals surface area contributed by atoms with Gasteiger partial charge in [-0.1, -0.05) is 22.5 Å². The molecule has 15 heavy (non-hydrogen) atoms. The first-order valence-electron chi connectivity index (χ1n) is 4.10. The number of phenolic OH excluding ortho intramolecular Hbond substituents is 1. The first-order chi connectivity index (χ1) is 7.00. The van der Waals surface area contributed by atoms with Crippen LogP contribution >= 0.6 is 38.5 Å². The zero-order valence-corrected chi connectivity index (χ0v) is 11.5. The SMILES string of the molecule is C=C(Br)CNC(=O)c1ccc(I)c(O)c1. The zero-order chi connectivity index (χ0) is 11.4. The number of hydrogen-bond acceptors (Lipinski definition) is 2. The Hall–Kier alpha value is -0.560. The van der Waals surface area contributed by atoms with Crippen molar-refractivity contribution in [3.05, 3.63) is 38.4 Å². The summed E-state index contributed by atoms with van der Waals surface area (Å²) in [6, 6.07) is 4.79. The van der Waals surface area contributed by atoms with Crippen LogP contribution in [-0.4, -0.2) is 17.6 Å². The van der Waals surface area contributed by atoms with Crippen LogP contribution in [-0.2, 0) is 0 Å². The van der Waals surface area contributed by atoms with Crippen LogP contribution in [0.3, 0.4) is 0 Å². The van der Waals surface area contributed by atoms with Crippen LogP contribution in [0.25, 0.3) is 0 Å². The number of halogens is 2. The van der Waals surface area contributed by atoms with Crippen LogP contribution in [0.15, 0.2) is 29.3 Å². The van der Waals surface area contributed by atoms with Crippen molar-refractivity contribution in [2.75, 3.05) is 6.54 Å².